The predicted octanol–water partition coefficient (Wildman–Crippen LogP) is 1.21. The normalized spacial score (nSPS) is 8.81. The molecule has 0 rings (SSSR count). The fraction of sp³-hybridized carbons (Fsp3) is 0.571. The molecule has 96 valence electrons. The first-order chi connectivity index (χ1) is 6.95. The number of hydrogen-bond donors (Lipinski definition) is 3. The van der Waals surface area contributed by atoms with Gasteiger partial charge in [-0.3, -0.25) is 9.59 Å². The molecule has 0 aliphatic heterocycles. The zero-order valence-electron chi connectivity index (χ0n) is 8.41. The van der Waals surface area contributed by atoms with E-state index in [0.717, 1.165) is 6.92 Å². The molecule has 9 heteroatoms. The van der Waals surface area contributed by atoms with Crippen LogP contribution in [0.2, 0.25) is 0 Å². The van der Waals surface area contributed by atoms with Crippen molar-refractivity contribution in [2.24, 2.45) is 0 Å². The summed E-state index contributed by atoms with van der Waals surface area (Å²) < 4.78 is 31.7. The molecule has 6 nitrogen and oxygen atoms in total. The largest absolute Gasteiger partial charge is 0.490 e. The second-order valence-electron chi connectivity index (χ2n) is 2.07. The molecule has 3 N–H and O–H groups in total. The van der Waals surface area contributed by atoms with Crippen LogP contribution in [-0.2, 0) is 14.4 Å². The Morgan fingerprint density at radius 1 is 1.06 bits per heavy atom. The topological polar surface area (TPSA) is 112 Å². The molecule has 0 aromatic carbocycles. The fourth-order valence-corrected chi connectivity index (χ4v) is 0. The molecule has 0 amide bonds. The second-order valence-corrected chi connectivity index (χ2v) is 2.07. The fourth-order valence-electron chi connectivity index (χ4n) is 0. The smallest absolute Gasteiger partial charge is 0.481 e. The maximum Gasteiger partial charge on any atom is 0.490 e. The molecule has 0 saturated carbocycles. The Labute approximate surface area is 88.3 Å². The van der Waals surface area contributed by atoms with Crippen LogP contribution in [0.25, 0.3) is 0 Å². The summed E-state index contributed by atoms with van der Waals surface area (Å²) in [6, 6.07) is 0. The highest BCUT2D eigenvalue weighted by Crippen LogP contribution is 2.13. The molecule has 0 atom stereocenters. The van der Waals surface area contributed by atoms with Crippen LogP contribution in [0.1, 0.15) is 20.3 Å². The van der Waals surface area contributed by atoms with Crippen LogP contribution in [0, 0.1) is 0 Å². The second kappa shape index (κ2) is 9.74. The lowest BCUT2D eigenvalue weighted by molar-refractivity contribution is -0.192. The Bertz CT molecular complexity index is 231. The third-order valence-corrected chi connectivity index (χ3v) is 0.545. The van der Waals surface area contributed by atoms with Gasteiger partial charge in [0.1, 0.15) is 0 Å². The SMILES string of the molecule is CC(=O)O.CCC(=O)O.O=C(O)C(F)(F)F. The summed E-state index contributed by atoms with van der Waals surface area (Å²) in [6.45, 7) is 2.68. The number of carbonyl (C=O) groups is 3. The highest BCUT2D eigenvalue weighted by atomic mass is 19.4. The average Bonchev–Trinajstić information content (AvgIpc) is 2.02. The Morgan fingerprint density at radius 3 is 1.19 bits per heavy atom. The average molecular weight is 248 g/mol. The highest BCUT2D eigenvalue weighted by molar-refractivity contribution is 5.73. The molecule has 0 unspecified atom stereocenters. The van der Waals surface area contributed by atoms with E-state index in [1.54, 1.807) is 6.92 Å². The van der Waals surface area contributed by atoms with Crippen LogP contribution < -0.4 is 0 Å². The van der Waals surface area contributed by atoms with Crippen molar-refractivity contribution < 1.29 is 42.9 Å². The lowest BCUT2D eigenvalue weighted by atomic mass is 10.5. The number of alkyl halides is 3. The minimum atomic E-state index is -5.08. The summed E-state index contributed by atoms with van der Waals surface area (Å²) in [7, 11) is 0. The van der Waals surface area contributed by atoms with Crippen molar-refractivity contribution in [2.45, 2.75) is 26.4 Å². The molecule has 0 aromatic rings. The number of aliphatic carboxylic acids is 3. The van der Waals surface area contributed by atoms with Crippen LogP contribution >= 0.6 is 0 Å². The first kappa shape index (κ1) is 19.7. The standard InChI is InChI=1S/C3H6O2.C2HF3O2.C2H4O2/c1-2-3(4)5;3-2(4,5)1(6)7;1-2(3)4/h2H2,1H3,(H,4,5);(H,6,7);1H3,(H,3,4). The van der Waals surface area contributed by atoms with Crippen molar-refractivity contribution in [3.05, 3.63) is 0 Å². The van der Waals surface area contributed by atoms with E-state index in [2.05, 4.69) is 0 Å². The molecule has 0 radical (unpaired) electrons. The van der Waals surface area contributed by atoms with Crippen molar-refractivity contribution in [1.29, 1.82) is 0 Å². The molecule has 0 aliphatic rings. The number of rotatable bonds is 1. The van der Waals surface area contributed by atoms with Crippen LogP contribution in [0.15, 0.2) is 0 Å². The van der Waals surface area contributed by atoms with Crippen LogP contribution in [0.4, 0.5) is 13.2 Å². The molecule has 0 aromatic heterocycles. The van der Waals surface area contributed by atoms with Crippen LogP contribution in [0.3, 0.4) is 0 Å². The summed E-state index contributed by atoms with van der Waals surface area (Å²) >= 11 is 0. The third kappa shape index (κ3) is 39.8. The van der Waals surface area contributed by atoms with Crippen LogP contribution in [-0.4, -0.2) is 39.4 Å². The molecule has 0 heterocycles. The van der Waals surface area contributed by atoms with Gasteiger partial charge in [0.05, 0.1) is 0 Å². The number of halogens is 3. The van der Waals surface area contributed by atoms with Gasteiger partial charge in [-0.15, -0.1) is 0 Å². The van der Waals surface area contributed by atoms with E-state index in [-0.39, 0.29) is 6.42 Å². The quantitative estimate of drug-likeness (QED) is 0.642. The minimum absolute atomic E-state index is 0.222. The summed E-state index contributed by atoms with van der Waals surface area (Å²) in [5, 5.41) is 22.3. The zero-order valence-corrected chi connectivity index (χ0v) is 8.41. The Kier molecular flexibility index (Phi) is 12.0. The van der Waals surface area contributed by atoms with Crippen LogP contribution in [0.5, 0.6) is 0 Å². The minimum Gasteiger partial charge on any atom is -0.481 e. The summed E-state index contributed by atoms with van der Waals surface area (Å²) in [6.07, 6.45) is -4.86. The monoisotopic (exact) mass is 248 g/mol. The molecule has 0 spiro atoms. The van der Waals surface area contributed by atoms with Gasteiger partial charge in [0.25, 0.3) is 5.97 Å². The maximum absolute atomic E-state index is 10.6. The highest BCUT2D eigenvalue weighted by Gasteiger charge is 2.38. The molecule has 16 heavy (non-hydrogen) atoms. The first-order valence-corrected chi connectivity index (χ1v) is 3.66. The van der Waals surface area contributed by atoms with Crippen molar-refractivity contribution in [3.8, 4) is 0 Å². The number of carboxylic acids is 3. The Hall–Kier alpha value is -1.80. The van der Waals surface area contributed by atoms with Crippen molar-refractivity contribution >= 4 is 17.9 Å². The first-order valence-electron chi connectivity index (χ1n) is 3.66. The summed E-state index contributed by atoms with van der Waals surface area (Å²) in [5.41, 5.74) is 0. The lowest BCUT2D eigenvalue weighted by Gasteiger charge is -1.93. The summed E-state index contributed by atoms with van der Waals surface area (Å²) in [4.78, 5) is 27.3. The molecular formula is C7H11F3O6. The molecular weight excluding hydrogens is 237 g/mol. The predicted molar refractivity (Wildman–Crippen MR) is 44.9 cm³/mol. The third-order valence-electron chi connectivity index (χ3n) is 0.545. The van der Waals surface area contributed by atoms with Gasteiger partial charge < -0.3 is 15.3 Å². The van der Waals surface area contributed by atoms with E-state index in [4.69, 9.17) is 24.9 Å². The Morgan fingerprint density at radius 2 is 1.19 bits per heavy atom. The maximum atomic E-state index is 10.6. The molecule has 0 fully saturated rings. The molecule has 0 bridgehead atoms. The van der Waals surface area contributed by atoms with Gasteiger partial charge in [0.15, 0.2) is 0 Å². The molecule has 0 saturated heterocycles. The summed E-state index contributed by atoms with van der Waals surface area (Å²) in [5.74, 6) is -4.34. The lowest BCUT2D eigenvalue weighted by Crippen LogP contribution is -2.21. The van der Waals surface area contributed by atoms with Gasteiger partial charge >= 0.3 is 18.1 Å². The van der Waals surface area contributed by atoms with Crippen molar-refractivity contribution in [1.82, 2.24) is 0 Å². The van der Waals surface area contributed by atoms with Gasteiger partial charge in [0, 0.05) is 13.3 Å². The van der Waals surface area contributed by atoms with Gasteiger partial charge in [0.2, 0.25) is 0 Å². The van der Waals surface area contributed by atoms with Crippen molar-refractivity contribution in [2.75, 3.05) is 0 Å². The van der Waals surface area contributed by atoms with Gasteiger partial charge in [-0.25, -0.2) is 4.79 Å². The van der Waals surface area contributed by atoms with E-state index < -0.39 is 24.1 Å². The van der Waals surface area contributed by atoms with E-state index in [0.29, 0.717) is 0 Å². The zero-order chi connectivity index (χ0) is 13.9. The van der Waals surface area contributed by atoms with E-state index >= 15 is 0 Å². The van der Waals surface area contributed by atoms with E-state index in [1.807, 2.05) is 0 Å². The van der Waals surface area contributed by atoms with E-state index in [9.17, 15) is 18.0 Å². The van der Waals surface area contributed by atoms with Gasteiger partial charge in [-0.1, -0.05) is 6.92 Å². The van der Waals surface area contributed by atoms with E-state index in [1.165, 1.54) is 0 Å². The number of carboxylic acid groups (broad SMARTS) is 3. The van der Waals surface area contributed by atoms with Gasteiger partial charge in [-0.05, 0) is 0 Å². The number of hydrogen-bond acceptors (Lipinski definition) is 3. The van der Waals surface area contributed by atoms with Crippen molar-refractivity contribution in [3.63, 3.8) is 0 Å². The van der Waals surface area contributed by atoms with Gasteiger partial charge in [-0.2, -0.15) is 13.2 Å². The molecule has 0 aliphatic carbocycles. The Balaban J connectivity index is -0.000000166.